The Balaban J connectivity index is 1.57. The summed E-state index contributed by atoms with van der Waals surface area (Å²) in [7, 11) is 0. The lowest BCUT2D eigenvalue weighted by atomic mass is 9.81. The van der Waals surface area contributed by atoms with E-state index >= 15 is 0 Å². The van der Waals surface area contributed by atoms with E-state index in [1.807, 2.05) is 42.5 Å². The van der Waals surface area contributed by atoms with Crippen molar-refractivity contribution < 1.29 is 97.8 Å². The topological polar surface area (TPSA) is 469 Å². The van der Waals surface area contributed by atoms with Crippen molar-refractivity contribution >= 4 is 94.0 Å². The number of nitrogens with one attached hydrogen (secondary N) is 9. The van der Waals surface area contributed by atoms with Gasteiger partial charge in [0.25, 0.3) is 0 Å². The van der Waals surface area contributed by atoms with E-state index in [2.05, 4.69) is 47.9 Å². The van der Waals surface area contributed by atoms with Gasteiger partial charge < -0.3 is 78.5 Å². The van der Waals surface area contributed by atoms with Crippen molar-refractivity contribution in [1.29, 1.82) is 0 Å². The first kappa shape index (κ1) is 66.4. The fourth-order valence-electron chi connectivity index (χ4n) is 8.69. The van der Waals surface area contributed by atoms with Gasteiger partial charge in [-0.1, -0.05) is 42.5 Å². The Morgan fingerprint density at radius 3 is 1.48 bits per heavy atom. The number of hydrogen-bond donors (Lipinski definition) is 15. The Labute approximate surface area is 463 Å². The first-order valence-electron chi connectivity index (χ1n) is 26.2. The zero-order valence-corrected chi connectivity index (χ0v) is 44.5. The van der Waals surface area contributed by atoms with E-state index in [0.717, 1.165) is 23.3 Å². The molecule has 0 spiro atoms. The SMILES string of the molecule is CC(=O)N[C@@H](CCC(=O)O)C(=O)N[C@@H](CCC(=O)O)C(=O)N[C@@H](CCC(=O)O)C(=O)NCC(=O)NCC1CCC(C(=O)N[C@@H](Cc2ccc3ccccc3c2)C(=O)NCCCC[C@H](NC(=O)N[C@@H](CCC(=O)O)C(=O)O)C(=O)O)CC1. The van der Waals surface area contributed by atoms with Gasteiger partial charge in [-0.3, -0.25) is 52.7 Å². The van der Waals surface area contributed by atoms with Crippen LogP contribution in [-0.4, -0.2) is 170 Å². The van der Waals surface area contributed by atoms with Gasteiger partial charge >= 0.3 is 41.8 Å². The number of carbonyl (C=O) groups excluding carboxylic acids is 8. The van der Waals surface area contributed by atoms with Crippen LogP contribution in [0.5, 0.6) is 0 Å². The van der Waals surface area contributed by atoms with Crippen LogP contribution in [0, 0.1) is 11.8 Å². The van der Waals surface area contributed by atoms with E-state index in [1.54, 1.807) is 0 Å². The Hall–Kier alpha value is -8.92. The Kier molecular flexibility index (Phi) is 28.0. The molecule has 444 valence electrons. The first-order valence-corrected chi connectivity index (χ1v) is 26.2. The molecule has 15 N–H and O–H groups in total. The standard InChI is InChI=1S/C52H71N9O20/c1-28(62)56-35(16-20-42(66)67)48(75)58-36(17-21-43(68)69)49(76)57-34(15-19-41(64)65)46(73)55-27-40(63)54-26-29-9-13-32(14-10-29)45(72)59-39(25-30-11-12-31-6-2-3-7-33(31)24-30)47(74)53-23-5-4-8-37(50(77)78)60-52(81)61-38(51(79)80)18-22-44(70)71/h2-3,6-7,11-12,24,29,32,34-39H,4-5,8-10,13-23,25-27H2,1H3,(H,53,74)(H,54,63)(H,55,73)(H,56,62)(H,57,76)(H,58,75)(H,59,72)(H,64,65)(H,66,67)(H,68,69)(H,70,71)(H,77,78)(H,79,80)(H2,60,61,81)/t29?,32?,34-,35-,36-,37-,38-,39-/m0/s1. The molecule has 29 nitrogen and oxygen atoms in total. The molecule has 0 bridgehead atoms. The number of carbonyl (C=O) groups is 14. The van der Waals surface area contributed by atoms with Crippen molar-refractivity contribution in [3.8, 4) is 0 Å². The highest BCUT2D eigenvalue weighted by Gasteiger charge is 2.33. The average Bonchev–Trinajstić information content (AvgIpc) is 3.43. The van der Waals surface area contributed by atoms with E-state index in [9.17, 15) is 87.5 Å². The Morgan fingerprint density at radius 2 is 0.963 bits per heavy atom. The van der Waals surface area contributed by atoms with E-state index < -0.39 is 171 Å². The summed E-state index contributed by atoms with van der Waals surface area (Å²) in [6.07, 6.45) is -2.07. The third-order valence-corrected chi connectivity index (χ3v) is 13.1. The molecule has 3 rings (SSSR count). The van der Waals surface area contributed by atoms with Crippen LogP contribution >= 0.6 is 0 Å². The molecule has 0 aromatic heterocycles. The summed E-state index contributed by atoms with van der Waals surface area (Å²) in [5, 5.41) is 79.1. The molecule has 1 fully saturated rings. The molecule has 2 aromatic carbocycles. The zero-order valence-electron chi connectivity index (χ0n) is 44.5. The van der Waals surface area contributed by atoms with Crippen molar-refractivity contribution in [3.05, 3.63) is 48.0 Å². The van der Waals surface area contributed by atoms with Gasteiger partial charge in [0.05, 0.1) is 6.54 Å². The number of unbranched alkanes of at least 4 members (excludes halogenated alkanes) is 1. The number of aliphatic carboxylic acids is 6. The van der Waals surface area contributed by atoms with Crippen LogP contribution < -0.4 is 47.9 Å². The molecule has 0 aliphatic heterocycles. The first-order chi connectivity index (χ1) is 38.3. The quantitative estimate of drug-likeness (QED) is 0.0376. The van der Waals surface area contributed by atoms with Gasteiger partial charge in [-0.15, -0.1) is 0 Å². The van der Waals surface area contributed by atoms with Crippen molar-refractivity contribution in [2.75, 3.05) is 19.6 Å². The second kappa shape index (κ2) is 34.2. The number of carboxylic acid groups (broad SMARTS) is 6. The predicted molar refractivity (Wildman–Crippen MR) is 281 cm³/mol. The van der Waals surface area contributed by atoms with Crippen LogP contribution in [0.15, 0.2) is 42.5 Å². The number of rotatable bonds is 36. The molecule has 1 saturated carbocycles. The highest BCUT2D eigenvalue weighted by Crippen LogP contribution is 2.29. The third-order valence-electron chi connectivity index (χ3n) is 13.1. The maximum Gasteiger partial charge on any atom is 0.326 e. The Morgan fingerprint density at radius 1 is 0.481 bits per heavy atom. The van der Waals surface area contributed by atoms with Crippen LogP contribution in [0.3, 0.4) is 0 Å². The molecular formula is C52H71N9O20. The molecule has 0 heterocycles. The minimum atomic E-state index is -1.65. The van der Waals surface area contributed by atoms with Crippen LogP contribution in [0.25, 0.3) is 10.8 Å². The molecule has 9 amide bonds. The predicted octanol–water partition coefficient (Wildman–Crippen LogP) is -0.669. The zero-order chi connectivity index (χ0) is 60.2. The van der Waals surface area contributed by atoms with Crippen LogP contribution in [0.1, 0.15) is 109 Å². The van der Waals surface area contributed by atoms with Crippen LogP contribution in [0.2, 0.25) is 0 Å². The number of carboxylic acids is 6. The molecule has 81 heavy (non-hydrogen) atoms. The second-order valence-corrected chi connectivity index (χ2v) is 19.5. The van der Waals surface area contributed by atoms with Gasteiger partial charge in [-0.25, -0.2) is 14.4 Å². The maximum atomic E-state index is 13.8. The van der Waals surface area contributed by atoms with Crippen molar-refractivity contribution in [1.82, 2.24) is 47.9 Å². The largest absolute Gasteiger partial charge is 0.481 e. The van der Waals surface area contributed by atoms with Gasteiger partial charge in [-0.2, -0.15) is 0 Å². The van der Waals surface area contributed by atoms with E-state index in [1.165, 1.54) is 0 Å². The normalized spacial score (nSPS) is 16.0. The number of urea groups is 1. The number of hydrogen-bond acceptors (Lipinski definition) is 14. The van der Waals surface area contributed by atoms with Gasteiger partial charge in [-0.05, 0) is 92.9 Å². The molecule has 1 aliphatic rings. The minimum absolute atomic E-state index is 0.0564. The summed E-state index contributed by atoms with van der Waals surface area (Å²) in [6, 6.07) is 3.34. The molecule has 2 aromatic rings. The van der Waals surface area contributed by atoms with Crippen LogP contribution in [0.4, 0.5) is 4.79 Å². The molecule has 0 radical (unpaired) electrons. The van der Waals surface area contributed by atoms with E-state index in [-0.39, 0.29) is 57.0 Å². The highest BCUT2D eigenvalue weighted by molar-refractivity contribution is 5.96. The van der Waals surface area contributed by atoms with Crippen molar-refractivity contribution in [3.63, 3.8) is 0 Å². The fourth-order valence-corrected chi connectivity index (χ4v) is 8.69. The lowest BCUT2D eigenvalue weighted by Gasteiger charge is -2.29. The summed E-state index contributed by atoms with van der Waals surface area (Å²) < 4.78 is 0. The lowest BCUT2D eigenvalue weighted by molar-refractivity contribution is -0.141. The third kappa shape index (κ3) is 25.6. The minimum Gasteiger partial charge on any atom is -0.481 e. The molecule has 0 saturated heterocycles. The summed E-state index contributed by atoms with van der Waals surface area (Å²) in [6.45, 7) is 0.637. The molecule has 6 atom stereocenters. The van der Waals surface area contributed by atoms with Crippen molar-refractivity contribution in [2.45, 2.75) is 146 Å². The summed E-state index contributed by atoms with van der Waals surface area (Å²) >= 11 is 0. The number of benzene rings is 2. The lowest BCUT2D eigenvalue weighted by Crippen LogP contribution is -2.57. The molecular weight excluding hydrogens is 1070 g/mol. The average molecular weight is 1140 g/mol. The summed E-state index contributed by atoms with van der Waals surface area (Å²) in [4.78, 5) is 172. The number of amides is 9. The van der Waals surface area contributed by atoms with E-state index in [4.69, 9.17) is 10.2 Å². The number of fused-ring (bicyclic) bond motifs is 1. The van der Waals surface area contributed by atoms with Gasteiger partial charge in [0.1, 0.15) is 36.3 Å². The fraction of sp³-hybridized carbons (Fsp3) is 0.538. The highest BCUT2D eigenvalue weighted by atomic mass is 16.4. The van der Waals surface area contributed by atoms with Crippen LogP contribution in [-0.2, 0) is 68.7 Å². The summed E-state index contributed by atoms with van der Waals surface area (Å²) in [5.74, 6) is -14.2. The maximum absolute atomic E-state index is 13.8. The smallest absolute Gasteiger partial charge is 0.326 e. The van der Waals surface area contributed by atoms with Gasteiger partial charge in [0, 0.05) is 58.0 Å². The van der Waals surface area contributed by atoms with Gasteiger partial charge in [0.15, 0.2) is 0 Å². The molecule has 1 aliphatic carbocycles. The van der Waals surface area contributed by atoms with Crippen molar-refractivity contribution in [2.24, 2.45) is 11.8 Å². The Bertz CT molecular complexity index is 2610. The monoisotopic (exact) mass is 1140 g/mol. The van der Waals surface area contributed by atoms with E-state index in [0.29, 0.717) is 25.7 Å². The molecule has 0 unspecified atom stereocenters. The second-order valence-electron chi connectivity index (χ2n) is 19.5. The van der Waals surface area contributed by atoms with Gasteiger partial charge in [0.2, 0.25) is 41.4 Å². The molecule has 29 heteroatoms. The summed E-state index contributed by atoms with van der Waals surface area (Å²) in [5.41, 5.74) is 0.751.